The van der Waals surface area contributed by atoms with Gasteiger partial charge in [0.05, 0.1) is 16.2 Å². The van der Waals surface area contributed by atoms with E-state index in [9.17, 15) is 13.2 Å². The van der Waals surface area contributed by atoms with Crippen molar-refractivity contribution in [2.45, 2.75) is 87.5 Å². The van der Waals surface area contributed by atoms with Gasteiger partial charge in [0.25, 0.3) is 0 Å². The topological polar surface area (TPSA) is 126 Å². The van der Waals surface area contributed by atoms with Crippen LogP contribution in [0.1, 0.15) is 68.9 Å². The lowest BCUT2D eigenvalue weighted by Crippen LogP contribution is -2.38. The number of nitrogens with one attached hydrogen (secondary N) is 3. The number of rotatable bonds is 8. The molecule has 0 atom stereocenters. The van der Waals surface area contributed by atoms with Crippen molar-refractivity contribution in [3.8, 4) is 10.6 Å². The fraction of sp³-hybridized carbons (Fsp3) is 0.500. The molecule has 37 heavy (non-hydrogen) atoms. The van der Waals surface area contributed by atoms with Crippen LogP contribution < -0.4 is 10.6 Å². The maximum atomic E-state index is 13.4. The number of aromatic amines is 1. The molecule has 11 heteroatoms. The summed E-state index contributed by atoms with van der Waals surface area (Å²) < 4.78 is 32.0. The zero-order valence-corrected chi connectivity index (χ0v) is 22.9. The minimum absolute atomic E-state index is 0.114. The van der Waals surface area contributed by atoms with E-state index >= 15 is 0 Å². The first-order valence-electron chi connectivity index (χ1n) is 12.8. The summed E-state index contributed by atoms with van der Waals surface area (Å²) in [7, 11) is -3.45. The summed E-state index contributed by atoms with van der Waals surface area (Å²) in [5, 5.41) is 13.6. The smallest absolute Gasteiger partial charge is 0.407 e. The Bertz CT molecular complexity index is 1370. The number of nitrogens with zero attached hydrogens (tertiary/aromatic N) is 2. The third-order valence-corrected chi connectivity index (χ3v) is 10.3. The van der Waals surface area contributed by atoms with Crippen LogP contribution in [0.2, 0.25) is 0 Å². The molecule has 1 amide bonds. The van der Waals surface area contributed by atoms with Gasteiger partial charge in [-0.15, -0.1) is 11.3 Å². The number of H-pyrrole nitrogens is 1. The highest BCUT2D eigenvalue weighted by molar-refractivity contribution is 7.92. The highest BCUT2D eigenvalue weighted by Gasteiger charge is 2.39. The average Bonchev–Trinajstić information content (AvgIpc) is 3.48. The Morgan fingerprint density at radius 1 is 1.14 bits per heavy atom. The fourth-order valence-electron chi connectivity index (χ4n) is 4.74. The van der Waals surface area contributed by atoms with Crippen LogP contribution in [0.4, 0.5) is 16.3 Å². The number of aromatic nitrogens is 3. The molecule has 0 spiro atoms. The van der Waals surface area contributed by atoms with E-state index in [2.05, 4.69) is 25.8 Å². The molecular weight excluding hydrogens is 510 g/mol. The van der Waals surface area contributed by atoms with Crippen molar-refractivity contribution >= 4 is 38.8 Å². The number of sulfone groups is 1. The van der Waals surface area contributed by atoms with E-state index in [0.29, 0.717) is 40.7 Å². The Labute approximate surface area is 221 Å². The fourth-order valence-corrected chi connectivity index (χ4v) is 7.80. The van der Waals surface area contributed by atoms with Crippen LogP contribution in [-0.4, -0.2) is 47.1 Å². The van der Waals surface area contributed by atoms with Crippen molar-refractivity contribution in [2.24, 2.45) is 0 Å². The molecule has 9 nitrogen and oxygen atoms in total. The zero-order chi connectivity index (χ0) is 26.2. The zero-order valence-electron chi connectivity index (χ0n) is 21.3. The number of carbonyl (C=O) groups is 1. The number of ether oxygens (including phenoxy) is 1. The van der Waals surface area contributed by atoms with Crippen molar-refractivity contribution in [2.75, 3.05) is 5.32 Å². The van der Waals surface area contributed by atoms with E-state index in [1.165, 1.54) is 0 Å². The number of benzene rings is 1. The number of carbonyl (C=O) groups excluding carboxylic acids is 1. The molecule has 0 unspecified atom stereocenters. The second-order valence-corrected chi connectivity index (χ2v) is 13.5. The van der Waals surface area contributed by atoms with Gasteiger partial charge in [-0.1, -0.05) is 0 Å². The Kier molecular flexibility index (Phi) is 7.26. The minimum Gasteiger partial charge on any atom is -0.447 e. The van der Waals surface area contributed by atoms with Gasteiger partial charge in [-0.05, 0) is 83.4 Å². The Morgan fingerprint density at radius 2 is 1.89 bits per heavy atom. The third-order valence-electron chi connectivity index (χ3n) is 6.78. The van der Waals surface area contributed by atoms with Crippen LogP contribution in [-0.2, 0) is 14.6 Å². The molecule has 0 aliphatic heterocycles. The number of amides is 1. The van der Waals surface area contributed by atoms with Gasteiger partial charge in [-0.25, -0.2) is 18.2 Å². The van der Waals surface area contributed by atoms with Gasteiger partial charge in [-0.3, -0.25) is 5.10 Å². The predicted octanol–water partition coefficient (Wildman–Crippen LogP) is 5.68. The van der Waals surface area contributed by atoms with Gasteiger partial charge < -0.3 is 15.4 Å². The van der Waals surface area contributed by atoms with Crippen LogP contribution in [0.15, 0.2) is 35.4 Å². The summed E-state index contributed by atoms with van der Waals surface area (Å²) in [6, 6.07) is 7.42. The van der Waals surface area contributed by atoms with E-state index in [1.54, 1.807) is 17.4 Å². The first-order chi connectivity index (χ1) is 17.7. The number of thiazole rings is 1. The normalized spacial score (nSPS) is 20.1. The van der Waals surface area contributed by atoms with Gasteiger partial charge in [0, 0.05) is 40.1 Å². The van der Waals surface area contributed by atoms with Gasteiger partial charge in [0.1, 0.15) is 5.01 Å². The lowest BCUT2D eigenvalue weighted by Gasteiger charge is -2.28. The molecule has 2 heterocycles. The molecule has 3 N–H and O–H groups in total. The summed E-state index contributed by atoms with van der Waals surface area (Å²) in [6.45, 7) is 5.58. The summed E-state index contributed by atoms with van der Waals surface area (Å²) in [6.07, 6.45) is 6.41. The summed E-state index contributed by atoms with van der Waals surface area (Å²) in [5.41, 5.74) is 2.24. The summed E-state index contributed by atoms with van der Waals surface area (Å²) >= 11 is 1.57. The molecule has 0 bridgehead atoms. The number of aryl methyl sites for hydroxylation is 1. The molecule has 2 aliphatic rings. The standard InChI is InChI=1S/C26H33N5O4S2/c1-15(2)35-26(32)29-18-6-4-17(5-7-18)22-14-27-25(36-22)21-11-8-19(28-24-12-16(3)30-31-24)13-23(21)37(33,34)20-9-10-20/h8,11-15,17-18,20H,4-7,9-10H2,1-3H3,(H,29,32)(H2,28,30,31)/t17-,18-. The lowest BCUT2D eigenvalue weighted by molar-refractivity contribution is 0.109. The Hall–Kier alpha value is -2.92. The molecule has 2 aromatic heterocycles. The maximum absolute atomic E-state index is 13.4. The van der Waals surface area contributed by atoms with Gasteiger partial charge in [-0.2, -0.15) is 5.10 Å². The number of alkyl carbamates (subject to hydrolysis) is 1. The number of hydrogen-bond donors (Lipinski definition) is 3. The van der Waals surface area contributed by atoms with E-state index in [1.807, 2.05) is 45.2 Å². The molecule has 0 radical (unpaired) electrons. The second-order valence-electron chi connectivity index (χ2n) is 10.2. The highest BCUT2D eigenvalue weighted by atomic mass is 32.2. The first kappa shape index (κ1) is 25.7. The Morgan fingerprint density at radius 3 is 2.54 bits per heavy atom. The van der Waals surface area contributed by atoms with Crippen LogP contribution in [0, 0.1) is 6.92 Å². The highest BCUT2D eigenvalue weighted by Crippen LogP contribution is 2.43. The molecule has 0 saturated heterocycles. The van der Waals surface area contributed by atoms with E-state index in [4.69, 9.17) is 4.74 Å². The van der Waals surface area contributed by atoms with Crippen molar-refractivity contribution in [3.63, 3.8) is 0 Å². The molecule has 2 saturated carbocycles. The third kappa shape index (κ3) is 5.98. The number of anilines is 2. The molecule has 2 aliphatic carbocycles. The molecule has 2 fully saturated rings. The average molecular weight is 544 g/mol. The van der Waals surface area contributed by atoms with Gasteiger partial charge >= 0.3 is 6.09 Å². The first-order valence-corrected chi connectivity index (χ1v) is 15.2. The second kappa shape index (κ2) is 10.4. The molecule has 198 valence electrons. The molecule has 1 aromatic carbocycles. The van der Waals surface area contributed by atoms with Crippen molar-refractivity contribution in [1.29, 1.82) is 0 Å². The summed E-state index contributed by atoms with van der Waals surface area (Å²) in [5.74, 6) is 0.983. The predicted molar refractivity (Wildman–Crippen MR) is 144 cm³/mol. The monoisotopic (exact) mass is 543 g/mol. The van der Waals surface area contributed by atoms with E-state index in [-0.39, 0.29) is 23.5 Å². The van der Waals surface area contributed by atoms with Crippen LogP contribution in [0.5, 0.6) is 0 Å². The van der Waals surface area contributed by atoms with Gasteiger partial charge in [0.15, 0.2) is 15.7 Å². The molecule has 3 aromatic rings. The lowest BCUT2D eigenvalue weighted by atomic mass is 9.85. The van der Waals surface area contributed by atoms with Gasteiger partial charge in [0.2, 0.25) is 0 Å². The van der Waals surface area contributed by atoms with E-state index < -0.39 is 9.84 Å². The largest absolute Gasteiger partial charge is 0.447 e. The minimum atomic E-state index is -3.45. The maximum Gasteiger partial charge on any atom is 0.407 e. The van der Waals surface area contributed by atoms with Crippen LogP contribution in [0.3, 0.4) is 0 Å². The SMILES string of the molecule is Cc1cc(Nc2ccc(-c3ncc([C@H]4CC[C@H](NC(=O)OC(C)C)CC4)s3)c(S(=O)(=O)C3CC3)c2)n[nH]1. The van der Waals surface area contributed by atoms with E-state index in [0.717, 1.165) is 41.3 Å². The molecular formula is C26H33N5O4S2. The number of hydrogen-bond acceptors (Lipinski definition) is 8. The summed E-state index contributed by atoms with van der Waals surface area (Å²) in [4.78, 5) is 18.1. The molecule has 5 rings (SSSR count). The van der Waals surface area contributed by atoms with Crippen LogP contribution >= 0.6 is 11.3 Å². The van der Waals surface area contributed by atoms with Crippen molar-refractivity contribution in [3.05, 3.63) is 41.0 Å². The van der Waals surface area contributed by atoms with Crippen molar-refractivity contribution in [1.82, 2.24) is 20.5 Å². The quantitative estimate of drug-likeness (QED) is 0.333. The van der Waals surface area contributed by atoms with Crippen molar-refractivity contribution < 1.29 is 17.9 Å². The van der Waals surface area contributed by atoms with Crippen LogP contribution in [0.25, 0.3) is 10.6 Å². The Balaban J connectivity index is 1.33.